The molecule has 0 spiro atoms. The van der Waals surface area contributed by atoms with Crippen LogP contribution in [0.2, 0.25) is 4.34 Å². The fourth-order valence-corrected chi connectivity index (χ4v) is 5.53. The molecule has 0 unspecified atom stereocenters. The fourth-order valence-electron chi connectivity index (χ4n) is 3.45. The number of carbonyl (C=O) groups is 1. The zero-order valence-electron chi connectivity index (χ0n) is 13.3. The Labute approximate surface area is 152 Å². The number of fused-ring (bicyclic) bond motifs is 2. The molecule has 1 aliphatic rings. The third-order valence-corrected chi connectivity index (χ3v) is 7.02. The number of primary amides is 1. The maximum absolute atomic E-state index is 11.7. The van der Waals surface area contributed by atoms with Gasteiger partial charge in [0.05, 0.1) is 15.7 Å². The number of amides is 1. The van der Waals surface area contributed by atoms with Crippen LogP contribution < -0.4 is 11.5 Å². The predicted octanol–water partition coefficient (Wildman–Crippen LogP) is 4.58. The van der Waals surface area contributed by atoms with Gasteiger partial charge in [0, 0.05) is 21.2 Å². The highest BCUT2D eigenvalue weighted by atomic mass is 35.5. The molecule has 3 aromatic rings. The van der Waals surface area contributed by atoms with Crippen molar-refractivity contribution < 1.29 is 4.79 Å². The first-order valence-corrected chi connectivity index (χ1v) is 9.61. The molecule has 3 heterocycles. The van der Waals surface area contributed by atoms with Crippen molar-refractivity contribution in [3.63, 3.8) is 0 Å². The number of nitrogen functional groups attached to an aromatic ring is 1. The van der Waals surface area contributed by atoms with Crippen molar-refractivity contribution in [1.29, 1.82) is 0 Å². The normalized spacial score (nSPS) is 15.8. The van der Waals surface area contributed by atoms with E-state index in [9.17, 15) is 4.79 Å². The van der Waals surface area contributed by atoms with Gasteiger partial charge in [0.15, 0.2) is 0 Å². The lowest BCUT2D eigenvalue weighted by Gasteiger charge is -2.18. The Bertz CT molecular complexity index is 1000. The molecule has 124 valence electrons. The third-order valence-electron chi connectivity index (χ3n) is 4.66. The Hall–Kier alpha value is -1.63. The number of rotatable bonds is 2. The zero-order chi connectivity index (χ0) is 17.2. The van der Waals surface area contributed by atoms with Gasteiger partial charge in [-0.1, -0.05) is 25.4 Å². The van der Waals surface area contributed by atoms with Gasteiger partial charge in [0.25, 0.3) is 5.91 Å². The molecule has 3 aromatic heterocycles. The fraction of sp³-hybridized carbons (Fsp3) is 0.294. The highest BCUT2D eigenvalue weighted by molar-refractivity contribution is 7.22. The Morgan fingerprint density at radius 2 is 2.08 bits per heavy atom. The second kappa shape index (κ2) is 5.18. The number of carbonyl (C=O) groups excluding carboxylic acids is 1. The average Bonchev–Trinajstić information content (AvgIpc) is 3.16. The number of hydrogen-bond donors (Lipinski definition) is 2. The summed E-state index contributed by atoms with van der Waals surface area (Å²) in [6.07, 6.45) is 1.98. The molecule has 4 N–H and O–H groups in total. The second-order valence-electron chi connectivity index (χ2n) is 6.69. The van der Waals surface area contributed by atoms with Gasteiger partial charge in [0.2, 0.25) is 0 Å². The van der Waals surface area contributed by atoms with E-state index in [-0.39, 0.29) is 5.41 Å². The molecule has 0 radical (unpaired) electrons. The van der Waals surface area contributed by atoms with Gasteiger partial charge in [-0.05, 0) is 30.5 Å². The van der Waals surface area contributed by atoms with Gasteiger partial charge in [-0.25, -0.2) is 4.98 Å². The SMILES string of the molecule is CC1(C)CCc2c1nc1sc(C(N)=O)c(N)c1c2-c1ccc(Cl)s1. The van der Waals surface area contributed by atoms with E-state index in [0.717, 1.165) is 43.5 Å². The maximum Gasteiger partial charge on any atom is 0.260 e. The Morgan fingerprint density at radius 3 is 2.71 bits per heavy atom. The minimum absolute atomic E-state index is 0.00493. The summed E-state index contributed by atoms with van der Waals surface area (Å²) in [4.78, 5) is 18.8. The van der Waals surface area contributed by atoms with Crippen molar-refractivity contribution in [2.75, 3.05) is 5.73 Å². The van der Waals surface area contributed by atoms with Crippen molar-refractivity contribution in [3.8, 4) is 10.4 Å². The van der Waals surface area contributed by atoms with Gasteiger partial charge in [-0.15, -0.1) is 22.7 Å². The number of hydrogen-bond acceptors (Lipinski definition) is 5. The minimum atomic E-state index is -0.509. The number of nitrogens with zero attached hydrogens (tertiary/aromatic N) is 1. The van der Waals surface area contributed by atoms with Crippen LogP contribution >= 0.6 is 34.3 Å². The Balaban J connectivity index is 2.16. The summed E-state index contributed by atoms with van der Waals surface area (Å²) < 4.78 is 0.727. The third kappa shape index (κ3) is 2.17. The highest BCUT2D eigenvalue weighted by Crippen LogP contribution is 2.49. The molecule has 0 atom stereocenters. The van der Waals surface area contributed by atoms with E-state index in [1.165, 1.54) is 28.2 Å². The molecular formula is C17H16ClN3OS2. The van der Waals surface area contributed by atoms with Gasteiger partial charge in [-0.2, -0.15) is 0 Å². The highest BCUT2D eigenvalue weighted by Gasteiger charge is 2.36. The van der Waals surface area contributed by atoms with Crippen LogP contribution in [0.1, 0.15) is 41.2 Å². The van der Waals surface area contributed by atoms with Crippen LogP contribution in [0.15, 0.2) is 12.1 Å². The molecule has 24 heavy (non-hydrogen) atoms. The van der Waals surface area contributed by atoms with Crippen LogP contribution in [0.4, 0.5) is 5.69 Å². The largest absolute Gasteiger partial charge is 0.397 e. The quantitative estimate of drug-likeness (QED) is 0.685. The van der Waals surface area contributed by atoms with Crippen LogP contribution in [-0.2, 0) is 11.8 Å². The molecule has 4 nitrogen and oxygen atoms in total. The first kappa shape index (κ1) is 15.9. The minimum Gasteiger partial charge on any atom is -0.397 e. The first-order valence-electron chi connectivity index (χ1n) is 7.60. The van der Waals surface area contributed by atoms with E-state index in [1.807, 2.05) is 12.1 Å². The summed E-state index contributed by atoms with van der Waals surface area (Å²) in [6.45, 7) is 4.41. The van der Waals surface area contributed by atoms with Crippen molar-refractivity contribution >= 4 is 56.1 Å². The molecule has 1 amide bonds. The summed E-state index contributed by atoms with van der Waals surface area (Å²) in [7, 11) is 0. The van der Waals surface area contributed by atoms with Gasteiger partial charge in [0.1, 0.15) is 9.71 Å². The van der Waals surface area contributed by atoms with Crippen molar-refractivity contribution in [1.82, 2.24) is 4.98 Å². The van der Waals surface area contributed by atoms with Gasteiger partial charge < -0.3 is 11.5 Å². The van der Waals surface area contributed by atoms with Crippen LogP contribution in [0.5, 0.6) is 0 Å². The van der Waals surface area contributed by atoms with E-state index >= 15 is 0 Å². The first-order chi connectivity index (χ1) is 11.3. The smallest absolute Gasteiger partial charge is 0.260 e. The Morgan fingerprint density at radius 1 is 1.33 bits per heavy atom. The number of nitrogens with two attached hydrogens (primary N) is 2. The molecule has 0 bridgehead atoms. The zero-order valence-corrected chi connectivity index (χ0v) is 15.7. The van der Waals surface area contributed by atoms with Crippen LogP contribution in [-0.4, -0.2) is 10.9 Å². The molecule has 1 aliphatic carbocycles. The lowest BCUT2D eigenvalue weighted by atomic mass is 9.90. The van der Waals surface area contributed by atoms with Crippen LogP contribution in [0.25, 0.3) is 20.7 Å². The summed E-state index contributed by atoms with van der Waals surface area (Å²) in [6, 6.07) is 3.90. The van der Waals surface area contributed by atoms with Crippen LogP contribution in [0, 0.1) is 0 Å². The standard InChI is InChI=1S/C17H16ClN3OS2/c1-17(2)6-5-7-10(8-3-4-9(18)23-8)11-12(19)13(15(20)22)24-16(11)21-14(7)17/h3-4H,5-6,19H2,1-2H3,(H2,20,22). The number of thiophene rings is 2. The molecule has 0 aliphatic heterocycles. The molecule has 0 aromatic carbocycles. The van der Waals surface area contributed by atoms with E-state index in [1.54, 1.807) is 0 Å². The van der Waals surface area contributed by atoms with E-state index in [0.29, 0.717) is 10.6 Å². The molecular weight excluding hydrogens is 362 g/mol. The van der Waals surface area contributed by atoms with Gasteiger partial charge >= 0.3 is 0 Å². The topological polar surface area (TPSA) is 82.0 Å². The van der Waals surface area contributed by atoms with Crippen molar-refractivity contribution in [2.45, 2.75) is 32.1 Å². The number of halogens is 1. The monoisotopic (exact) mass is 377 g/mol. The molecule has 7 heteroatoms. The summed E-state index contributed by atoms with van der Waals surface area (Å²) in [5, 5.41) is 0.837. The van der Waals surface area contributed by atoms with E-state index in [2.05, 4.69) is 13.8 Å². The predicted molar refractivity (Wildman–Crippen MR) is 102 cm³/mol. The molecule has 4 rings (SSSR count). The summed E-state index contributed by atoms with van der Waals surface area (Å²) in [5.41, 5.74) is 15.6. The maximum atomic E-state index is 11.7. The lowest BCUT2D eigenvalue weighted by molar-refractivity contribution is 0.100. The number of anilines is 1. The molecule has 0 saturated carbocycles. The summed E-state index contributed by atoms with van der Waals surface area (Å²) >= 11 is 8.96. The van der Waals surface area contributed by atoms with E-state index in [4.69, 9.17) is 28.1 Å². The average molecular weight is 378 g/mol. The second-order valence-corrected chi connectivity index (χ2v) is 9.41. The molecule has 0 fully saturated rings. The lowest BCUT2D eigenvalue weighted by Crippen LogP contribution is -2.14. The van der Waals surface area contributed by atoms with Crippen molar-refractivity contribution in [2.24, 2.45) is 5.73 Å². The van der Waals surface area contributed by atoms with E-state index < -0.39 is 5.91 Å². The van der Waals surface area contributed by atoms with Crippen molar-refractivity contribution in [3.05, 3.63) is 32.6 Å². The number of pyridine rings is 1. The Kier molecular flexibility index (Phi) is 3.43. The molecule has 0 saturated heterocycles. The summed E-state index contributed by atoms with van der Waals surface area (Å²) in [5.74, 6) is -0.509. The van der Waals surface area contributed by atoms with Crippen LogP contribution in [0.3, 0.4) is 0 Å². The number of aromatic nitrogens is 1. The van der Waals surface area contributed by atoms with Gasteiger partial charge in [-0.3, -0.25) is 4.79 Å².